The minimum absolute atomic E-state index is 0.512. The van der Waals surface area contributed by atoms with Crippen LogP contribution in [0.25, 0.3) is 0 Å². The second-order valence-corrected chi connectivity index (χ2v) is 5.20. The lowest BCUT2D eigenvalue weighted by Gasteiger charge is -2.11. The minimum atomic E-state index is 0.512. The van der Waals surface area contributed by atoms with Crippen LogP contribution in [0.1, 0.15) is 17.0 Å². The predicted molar refractivity (Wildman–Crippen MR) is 72.7 cm³/mol. The van der Waals surface area contributed by atoms with Crippen molar-refractivity contribution in [2.75, 3.05) is 0 Å². The van der Waals surface area contributed by atoms with Crippen molar-refractivity contribution in [3.8, 4) is 0 Å². The molecule has 0 aliphatic heterocycles. The normalized spacial score (nSPS) is 15.0. The van der Waals surface area contributed by atoms with Crippen LogP contribution in [0.15, 0.2) is 30.5 Å². The van der Waals surface area contributed by atoms with E-state index in [4.69, 9.17) is 11.6 Å². The van der Waals surface area contributed by atoms with Crippen LogP contribution in [0, 0.1) is 0 Å². The third-order valence-corrected chi connectivity index (χ3v) is 3.98. The number of hydrogen-bond acceptors (Lipinski definition) is 2. The van der Waals surface area contributed by atoms with Crippen LogP contribution < -0.4 is 5.32 Å². The maximum absolute atomic E-state index is 5.97. The fourth-order valence-electron chi connectivity index (χ4n) is 2.53. The molecule has 94 valence electrons. The molecule has 0 bridgehead atoms. The first-order valence-electron chi connectivity index (χ1n) is 6.20. The molecule has 1 aliphatic carbocycles. The van der Waals surface area contributed by atoms with Gasteiger partial charge in [-0.05, 0) is 24.0 Å². The second kappa shape index (κ2) is 4.75. The monoisotopic (exact) mass is 261 g/mol. The molecule has 0 amide bonds. The van der Waals surface area contributed by atoms with Gasteiger partial charge in [-0.3, -0.25) is 0 Å². The number of hydrogen-bond donors (Lipinski definition) is 1. The topological polar surface area (TPSA) is 29.9 Å². The summed E-state index contributed by atoms with van der Waals surface area (Å²) in [4.78, 5) is 4.29. The first-order chi connectivity index (χ1) is 8.74. The molecule has 0 fully saturated rings. The van der Waals surface area contributed by atoms with Crippen LogP contribution >= 0.6 is 11.6 Å². The third-order valence-electron chi connectivity index (χ3n) is 3.63. The van der Waals surface area contributed by atoms with Gasteiger partial charge in [-0.25, -0.2) is 4.98 Å². The highest BCUT2D eigenvalue weighted by molar-refractivity contribution is 6.29. The summed E-state index contributed by atoms with van der Waals surface area (Å²) in [5.74, 6) is 0.982. The van der Waals surface area contributed by atoms with E-state index in [1.807, 2.05) is 11.6 Å². The average Bonchev–Trinajstić information content (AvgIpc) is 2.92. The zero-order valence-corrected chi connectivity index (χ0v) is 11.1. The van der Waals surface area contributed by atoms with Crippen molar-refractivity contribution in [2.45, 2.75) is 25.4 Å². The van der Waals surface area contributed by atoms with Crippen LogP contribution in [-0.2, 0) is 26.4 Å². The molecule has 1 heterocycles. The molecule has 1 aromatic heterocycles. The molecule has 4 heteroatoms. The molecule has 0 radical (unpaired) electrons. The number of aromatic nitrogens is 2. The van der Waals surface area contributed by atoms with Crippen molar-refractivity contribution in [1.29, 1.82) is 0 Å². The Labute approximate surface area is 112 Å². The minimum Gasteiger partial charge on any atom is -0.321 e. The van der Waals surface area contributed by atoms with Crippen molar-refractivity contribution in [3.05, 3.63) is 52.6 Å². The summed E-state index contributed by atoms with van der Waals surface area (Å²) >= 11 is 5.97. The molecule has 0 spiro atoms. The van der Waals surface area contributed by atoms with Gasteiger partial charge in [-0.15, -0.1) is 0 Å². The van der Waals surface area contributed by atoms with E-state index in [0.717, 1.165) is 25.2 Å². The van der Waals surface area contributed by atoms with Crippen molar-refractivity contribution in [2.24, 2.45) is 7.05 Å². The summed E-state index contributed by atoms with van der Waals surface area (Å²) in [6, 6.07) is 9.17. The highest BCUT2D eigenvalue weighted by atomic mass is 35.5. The number of nitrogens with zero attached hydrogens (tertiary/aromatic N) is 2. The molecule has 0 saturated carbocycles. The van der Waals surface area contributed by atoms with Crippen molar-refractivity contribution in [3.63, 3.8) is 0 Å². The Kier molecular flexibility index (Phi) is 3.10. The molecule has 2 aromatic rings. The zero-order chi connectivity index (χ0) is 12.5. The summed E-state index contributed by atoms with van der Waals surface area (Å²) in [5.41, 5.74) is 2.93. The fourth-order valence-corrected chi connectivity index (χ4v) is 2.67. The van der Waals surface area contributed by atoms with E-state index in [2.05, 4.69) is 34.6 Å². The van der Waals surface area contributed by atoms with E-state index < -0.39 is 0 Å². The van der Waals surface area contributed by atoms with Gasteiger partial charge < -0.3 is 9.88 Å². The van der Waals surface area contributed by atoms with Gasteiger partial charge in [0.25, 0.3) is 0 Å². The molecule has 0 unspecified atom stereocenters. The highest BCUT2D eigenvalue weighted by Gasteiger charge is 2.20. The summed E-state index contributed by atoms with van der Waals surface area (Å²) < 4.78 is 1.91. The number of imidazole rings is 1. The largest absolute Gasteiger partial charge is 0.321 e. The van der Waals surface area contributed by atoms with Gasteiger partial charge in [0, 0.05) is 13.1 Å². The van der Waals surface area contributed by atoms with Crippen LogP contribution in [0.5, 0.6) is 0 Å². The predicted octanol–water partition coefficient (Wildman–Crippen LogP) is 2.33. The van der Waals surface area contributed by atoms with Crippen LogP contribution in [0.3, 0.4) is 0 Å². The van der Waals surface area contributed by atoms with E-state index >= 15 is 0 Å². The lowest BCUT2D eigenvalue weighted by Crippen LogP contribution is -2.30. The molecular weight excluding hydrogens is 246 g/mol. The molecular formula is C14H16ClN3. The van der Waals surface area contributed by atoms with E-state index in [1.54, 1.807) is 6.20 Å². The standard InChI is InChI=1S/C14H16ClN3/c1-18-13(15)8-17-14(18)9-16-12-6-10-4-2-3-5-11(10)7-12/h2-5,8,12,16H,6-7,9H2,1H3. The fraction of sp³-hybridized carbons (Fsp3) is 0.357. The van der Waals surface area contributed by atoms with Crippen LogP contribution in [0.4, 0.5) is 0 Å². The maximum Gasteiger partial charge on any atom is 0.128 e. The highest BCUT2D eigenvalue weighted by Crippen LogP contribution is 2.21. The third kappa shape index (κ3) is 2.16. The Hall–Kier alpha value is -1.32. The first kappa shape index (κ1) is 11.8. The first-order valence-corrected chi connectivity index (χ1v) is 6.58. The van der Waals surface area contributed by atoms with Gasteiger partial charge in [-0.1, -0.05) is 35.9 Å². The summed E-state index contributed by atoms with van der Waals surface area (Å²) in [5, 5.41) is 4.24. The van der Waals surface area contributed by atoms with E-state index in [0.29, 0.717) is 11.2 Å². The number of nitrogens with one attached hydrogen (secondary N) is 1. The van der Waals surface area contributed by atoms with Crippen LogP contribution in [-0.4, -0.2) is 15.6 Å². The van der Waals surface area contributed by atoms with Gasteiger partial charge in [0.15, 0.2) is 0 Å². The molecule has 1 aliphatic rings. The summed E-state index contributed by atoms with van der Waals surface area (Å²) in [7, 11) is 1.94. The van der Waals surface area contributed by atoms with Crippen molar-refractivity contribution < 1.29 is 0 Å². The number of halogens is 1. The Bertz CT molecular complexity index is 537. The molecule has 1 aromatic carbocycles. The Balaban J connectivity index is 1.62. The van der Waals surface area contributed by atoms with E-state index in [1.165, 1.54) is 11.1 Å². The number of fused-ring (bicyclic) bond motifs is 1. The van der Waals surface area contributed by atoms with Gasteiger partial charge >= 0.3 is 0 Å². The number of benzene rings is 1. The smallest absolute Gasteiger partial charge is 0.128 e. The van der Waals surface area contributed by atoms with Crippen LogP contribution in [0.2, 0.25) is 5.15 Å². The second-order valence-electron chi connectivity index (χ2n) is 4.81. The van der Waals surface area contributed by atoms with Gasteiger partial charge in [0.2, 0.25) is 0 Å². The Morgan fingerprint density at radius 3 is 2.56 bits per heavy atom. The quantitative estimate of drug-likeness (QED) is 0.919. The maximum atomic E-state index is 5.97. The number of rotatable bonds is 3. The molecule has 3 rings (SSSR count). The molecule has 0 atom stereocenters. The van der Waals surface area contributed by atoms with Gasteiger partial charge in [-0.2, -0.15) is 0 Å². The molecule has 1 N–H and O–H groups in total. The molecule has 3 nitrogen and oxygen atoms in total. The lowest BCUT2D eigenvalue weighted by atomic mass is 10.1. The van der Waals surface area contributed by atoms with E-state index in [-0.39, 0.29) is 0 Å². The lowest BCUT2D eigenvalue weighted by molar-refractivity contribution is 0.514. The average molecular weight is 262 g/mol. The summed E-state index contributed by atoms with van der Waals surface area (Å²) in [6.07, 6.45) is 3.91. The van der Waals surface area contributed by atoms with Crippen molar-refractivity contribution in [1.82, 2.24) is 14.9 Å². The zero-order valence-electron chi connectivity index (χ0n) is 10.4. The van der Waals surface area contributed by atoms with Gasteiger partial charge in [0.05, 0.1) is 12.7 Å². The molecule has 18 heavy (non-hydrogen) atoms. The SMILES string of the molecule is Cn1c(Cl)cnc1CNC1Cc2ccccc2C1. The Morgan fingerprint density at radius 2 is 2.00 bits per heavy atom. The van der Waals surface area contributed by atoms with E-state index in [9.17, 15) is 0 Å². The molecule has 0 saturated heterocycles. The summed E-state index contributed by atoms with van der Waals surface area (Å²) in [6.45, 7) is 0.766. The Morgan fingerprint density at radius 1 is 1.33 bits per heavy atom. The van der Waals surface area contributed by atoms with Crippen molar-refractivity contribution >= 4 is 11.6 Å². The van der Waals surface area contributed by atoms with Gasteiger partial charge in [0.1, 0.15) is 11.0 Å².